The molecule has 0 radical (unpaired) electrons. The summed E-state index contributed by atoms with van der Waals surface area (Å²) in [4.78, 5) is 77.1. The minimum atomic E-state index is -1.98. The van der Waals surface area contributed by atoms with Gasteiger partial charge in [-0.2, -0.15) is 0 Å². The SMILES string of the molecule is C/C=C1\C=C[C@@]2(C)C(=C1)CC[C@H]1[C@@H]3C[C@H]4O[C@@H](c5ccc(Cc6cccc(NC(=O)[C@H](C)NC(=O)[C@H](C)NC(=O)CCNC(=O)C(CC(=O)O)SC(C)CCCC)c6)cc5)O[C@@]4(C(=O)CO)[C@@]3(C)C[C@H](O)[C@@]12F. The van der Waals surface area contributed by atoms with E-state index in [-0.39, 0.29) is 37.0 Å². The summed E-state index contributed by atoms with van der Waals surface area (Å²) >= 11 is 1.30. The number of amides is 4. The number of allylic oxidation sites excluding steroid dienone is 6. The monoisotopic (exact) mass is 1030 g/mol. The molecule has 4 amide bonds. The van der Waals surface area contributed by atoms with Crippen molar-refractivity contribution >= 4 is 52.8 Å². The van der Waals surface area contributed by atoms with Crippen molar-refractivity contribution in [2.24, 2.45) is 22.7 Å². The quantitative estimate of drug-likeness (QED) is 0.0674. The summed E-state index contributed by atoms with van der Waals surface area (Å²) in [7, 11) is 0. The lowest BCUT2D eigenvalue weighted by atomic mass is 9.44. The molecule has 1 saturated heterocycles. The molecule has 5 aliphatic rings. The van der Waals surface area contributed by atoms with Gasteiger partial charge in [0.15, 0.2) is 23.3 Å². The van der Waals surface area contributed by atoms with E-state index in [0.717, 1.165) is 41.5 Å². The first-order valence-electron chi connectivity index (χ1n) is 25.8. The molecule has 2 unspecified atom stereocenters. The van der Waals surface area contributed by atoms with Crippen molar-refractivity contribution in [3.05, 3.63) is 101 Å². The highest BCUT2D eigenvalue weighted by molar-refractivity contribution is 8.01. The van der Waals surface area contributed by atoms with Gasteiger partial charge in [0, 0.05) is 46.2 Å². The number of Topliss-reactive ketones (excluding diaryl/α,β-unsaturated/α-hetero) is 1. The van der Waals surface area contributed by atoms with Gasteiger partial charge in [-0.3, -0.25) is 28.8 Å². The van der Waals surface area contributed by atoms with E-state index in [1.165, 1.54) is 25.6 Å². The van der Waals surface area contributed by atoms with Crippen LogP contribution in [0.1, 0.15) is 129 Å². The van der Waals surface area contributed by atoms with Crippen LogP contribution in [0.4, 0.5) is 10.1 Å². The average Bonchev–Trinajstić information content (AvgIpc) is 3.85. The Kier molecular flexibility index (Phi) is 17.3. The Morgan fingerprint density at radius 2 is 1.68 bits per heavy atom. The van der Waals surface area contributed by atoms with Crippen molar-refractivity contribution in [3.8, 4) is 0 Å². The summed E-state index contributed by atoms with van der Waals surface area (Å²) in [5.74, 6) is -4.60. The van der Waals surface area contributed by atoms with Crippen LogP contribution >= 0.6 is 11.8 Å². The molecule has 0 aromatic heterocycles. The highest BCUT2D eigenvalue weighted by atomic mass is 32.2. The van der Waals surface area contributed by atoms with E-state index >= 15 is 4.39 Å². The second kappa shape index (κ2) is 22.7. The normalized spacial score (nSPS) is 31.1. The van der Waals surface area contributed by atoms with E-state index in [0.29, 0.717) is 36.9 Å². The number of benzene rings is 2. The molecule has 7 N–H and O–H groups in total. The third-order valence-electron chi connectivity index (χ3n) is 16.4. The molecule has 2 aromatic rings. The minimum Gasteiger partial charge on any atom is -0.481 e. The third-order valence-corrected chi connectivity index (χ3v) is 17.8. The molecule has 1 heterocycles. The maximum Gasteiger partial charge on any atom is 0.305 e. The number of unbranched alkanes of at least 4 members (excludes halogenated alkanes) is 1. The van der Waals surface area contributed by atoms with Crippen molar-refractivity contribution in [3.63, 3.8) is 0 Å². The number of hydrogen-bond acceptors (Lipinski definition) is 11. The van der Waals surface area contributed by atoms with Crippen LogP contribution in [-0.2, 0) is 44.7 Å². The van der Waals surface area contributed by atoms with Crippen LogP contribution in [0.3, 0.4) is 0 Å². The third kappa shape index (κ3) is 11.0. The molecule has 73 heavy (non-hydrogen) atoms. The number of hydrogen-bond donors (Lipinski definition) is 7. The fourth-order valence-corrected chi connectivity index (χ4v) is 13.7. The molecule has 1 aliphatic heterocycles. The summed E-state index contributed by atoms with van der Waals surface area (Å²) in [6.07, 6.45) is 9.03. The van der Waals surface area contributed by atoms with E-state index in [2.05, 4.69) is 28.2 Å². The number of carboxylic acid groups (broad SMARTS) is 1. The standard InChI is InChI=1S/C56H73FN4O11S/c1-8-10-12-32(3)73-43(29-48(66)67)51(70)58-24-22-47(65)59-33(4)49(68)60-34(5)50(69)61-40-14-11-13-37(27-40)25-36-15-17-38(18-16-36)52-71-46-28-42-41-20-19-39-26-35(9-2)21-23-53(39,6)55(41,57)44(63)30-54(42,7)56(46,72-52)45(64)31-62/h9,11,13-18,21,23,26-27,32-34,41-44,46,52,62-63H,8,10,12,19-20,22,24-25,28-31H2,1-7H3,(H,58,70)(H,59,65)(H,60,68)(H,61,69)(H,66,67)/b35-9+/t32?,33-,34-,41-,42-,43?,44-,46+,52+,53-,54-,55-,56+/m0/s1. The highest BCUT2D eigenvalue weighted by Crippen LogP contribution is 2.72. The predicted molar refractivity (Wildman–Crippen MR) is 276 cm³/mol. The zero-order valence-electron chi connectivity index (χ0n) is 43.0. The number of carboxylic acids is 1. The van der Waals surface area contributed by atoms with E-state index < -0.39 is 106 Å². The van der Waals surface area contributed by atoms with Crippen molar-refractivity contribution in [2.45, 2.75) is 165 Å². The van der Waals surface area contributed by atoms with E-state index in [1.54, 1.807) is 12.1 Å². The number of carbonyl (C=O) groups is 6. The largest absolute Gasteiger partial charge is 0.481 e. The molecule has 13 atom stereocenters. The lowest BCUT2D eigenvalue weighted by Gasteiger charge is -2.62. The molecule has 17 heteroatoms. The van der Waals surface area contributed by atoms with Crippen molar-refractivity contribution in [1.82, 2.24) is 16.0 Å². The van der Waals surface area contributed by atoms with Crippen molar-refractivity contribution in [1.29, 1.82) is 0 Å². The van der Waals surface area contributed by atoms with E-state index in [4.69, 9.17) is 9.47 Å². The van der Waals surface area contributed by atoms with Crippen molar-refractivity contribution < 1.29 is 58.0 Å². The molecule has 4 fully saturated rings. The van der Waals surface area contributed by atoms with Crippen LogP contribution in [0, 0.1) is 22.7 Å². The second-order valence-corrected chi connectivity index (χ2v) is 22.8. The number of fused-ring (bicyclic) bond motifs is 7. The Bertz CT molecular complexity index is 2520. The van der Waals surface area contributed by atoms with Gasteiger partial charge in [-0.15, -0.1) is 11.8 Å². The van der Waals surface area contributed by atoms with Gasteiger partial charge < -0.3 is 46.1 Å². The van der Waals surface area contributed by atoms with Gasteiger partial charge in [-0.25, -0.2) is 4.39 Å². The van der Waals surface area contributed by atoms with Crippen LogP contribution in [0.2, 0.25) is 0 Å². The molecule has 4 aliphatic carbocycles. The van der Waals surface area contributed by atoms with E-state index in [1.807, 2.05) is 88.4 Å². The number of halogens is 1. The average molecular weight is 1030 g/mol. The van der Waals surface area contributed by atoms with Crippen LogP contribution in [-0.4, -0.2) is 110 Å². The number of rotatable bonds is 21. The first-order chi connectivity index (χ1) is 34.6. The molecule has 7 rings (SSSR count). The Morgan fingerprint density at radius 1 is 0.959 bits per heavy atom. The van der Waals surface area contributed by atoms with Crippen LogP contribution < -0.4 is 21.3 Å². The Labute approximate surface area is 432 Å². The summed E-state index contributed by atoms with van der Waals surface area (Å²) in [5, 5.41) is 41.7. The molecule has 396 valence electrons. The predicted octanol–water partition coefficient (Wildman–Crippen LogP) is 6.96. The van der Waals surface area contributed by atoms with Gasteiger partial charge in [0.2, 0.25) is 23.6 Å². The number of ether oxygens (including phenoxy) is 2. The number of aliphatic hydroxyl groups is 2. The zero-order chi connectivity index (χ0) is 53.0. The van der Waals surface area contributed by atoms with Gasteiger partial charge in [0.1, 0.15) is 18.7 Å². The molecule has 3 saturated carbocycles. The van der Waals surface area contributed by atoms with Crippen LogP contribution in [0.25, 0.3) is 0 Å². The highest BCUT2D eigenvalue weighted by Gasteiger charge is 2.79. The smallest absolute Gasteiger partial charge is 0.305 e. The maximum absolute atomic E-state index is 18.0. The van der Waals surface area contributed by atoms with E-state index in [9.17, 15) is 44.1 Å². The van der Waals surface area contributed by atoms with Gasteiger partial charge in [0.05, 0.1) is 23.9 Å². The topological polar surface area (TPSA) is 230 Å². The second-order valence-electron chi connectivity index (χ2n) is 21.1. The number of carbonyl (C=O) groups excluding carboxylic acids is 5. The number of aliphatic carboxylic acids is 1. The Balaban J connectivity index is 0.907. The molecular formula is C56H73FN4O11S. The summed E-state index contributed by atoms with van der Waals surface area (Å²) in [5.41, 5.74) is -0.686. The van der Waals surface area contributed by atoms with Crippen molar-refractivity contribution in [2.75, 3.05) is 18.5 Å². The van der Waals surface area contributed by atoms with Gasteiger partial charge >= 0.3 is 5.97 Å². The zero-order valence-corrected chi connectivity index (χ0v) is 43.8. The number of ketones is 1. The van der Waals surface area contributed by atoms with Gasteiger partial charge in [0.25, 0.3) is 0 Å². The number of alkyl halides is 1. The number of anilines is 1. The molecular weight excluding hydrogens is 956 g/mol. The molecule has 0 spiro atoms. The van der Waals surface area contributed by atoms with Gasteiger partial charge in [-0.1, -0.05) is 99.9 Å². The number of thioether (sulfide) groups is 1. The lowest BCUT2D eigenvalue weighted by Crippen LogP contribution is -2.69. The fraction of sp³-hybridized carbons (Fsp3) is 0.571. The lowest BCUT2D eigenvalue weighted by molar-refractivity contribution is -0.231. The van der Waals surface area contributed by atoms with Crippen LogP contribution in [0.15, 0.2) is 84.0 Å². The minimum absolute atomic E-state index is 0.0362. The first-order valence-corrected chi connectivity index (χ1v) is 26.7. The molecule has 2 aromatic carbocycles. The summed E-state index contributed by atoms with van der Waals surface area (Å²) in [6, 6.07) is 12.9. The van der Waals surface area contributed by atoms with Gasteiger partial charge in [-0.05, 0) is 101 Å². The Morgan fingerprint density at radius 3 is 2.37 bits per heavy atom. The summed E-state index contributed by atoms with van der Waals surface area (Å²) in [6.45, 7) is 11.9. The number of aliphatic hydroxyl groups excluding tert-OH is 2. The molecule has 0 bridgehead atoms. The molecule has 15 nitrogen and oxygen atoms in total. The maximum atomic E-state index is 18.0. The van der Waals surface area contributed by atoms with Crippen LogP contribution in [0.5, 0.6) is 0 Å². The summed E-state index contributed by atoms with van der Waals surface area (Å²) < 4.78 is 31.3. The number of nitrogens with one attached hydrogen (secondary N) is 4. The first kappa shape index (κ1) is 55.5. The Hall–Kier alpha value is -5.20. The fourth-order valence-electron chi connectivity index (χ4n) is 12.4.